The molecule has 0 aliphatic carbocycles. The van der Waals surface area contributed by atoms with E-state index in [-0.39, 0.29) is 18.8 Å². The van der Waals surface area contributed by atoms with Gasteiger partial charge >= 0.3 is 6.09 Å². The zero-order valence-corrected chi connectivity index (χ0v) is 17.9. The van der Waals surface area contributed by atoms with Gasteiger partial charge in [-0.2, -0.15) is 0 Å². The van der Waals surface area contributed by atoms with Crippen LogP contribution in [-0.4, -0.2) is 36.8 Å². The molecule has 0 saturated carbocycles. The number of amides is 2. The Labute approximate surface area is 179 Å². The Morgan fingerprint density at radius 2 is 2.14 bits per heavy atom. The molecule has 3 aliphatic rings. The average molecular weight is 480 g/mol. The molecule has 2 N–H and O–H groups in total. The zero-order chi connectivity index (χ0) is 20.1. The first-order valence-electron chi connectivity index (χ1n) is 9.27. The molecule has 0 fully saturated rings. The van der Waals surface area contributed by atoms with E-state index in [0.717, 1.165) is 25.5 Å². The lowest BCUT2D eigenvalue weighted by Crippen LogP contribution is -2.39. The maximum Gasteiger partial charge on any atom is 0.410 e. The normalized spacial score (nSPS) is 19.2. The number of benzene rings is 1. The van der Waals surface area contributed by atoms with E-state index in [9.17, 15) is 9.59 Å². The lowest BCUT2D eigenvalue weighted by atomic mass is 10.0. The van der Waals surface area contributed by atoms with Gasteiger partial charge in [-0.3, -0.25) is 4.79 Å². The Bertz CT molecular complexity index is 1020. The Balaban J connectivity index is 1.44. The molecule has 2 amide bonds. The lowest BCUT2D eigenvalue weighted by molar-refractivity contribution is 0.0934. The minimum Gasteiger partial charge on any atom is -0.454 e. The largest absolute Gasteiger partial charge is 0.454 e. The molecule has 0 saturated heterocycles. The van der Waals surface area contributed by atoms with E-state index in [0.29, 0.717) is 43.2 Å². The topological polar surface area (TPSA) is 89.1 Å². The second-order valence-electron chi connectivity index (χ2n) is 6.86. The van der Waals surface area contributed by atoms with Crippen LogP contribution in [0.3, 0.4) is 0 Å². The van der Waals surface area contributed by atoms with Crippen LogP contribution in [0.5, 0.6) is 11.5 Å². The van der Waals surface area contributed by atoms with Gasteiger partial charge in [0.2, 0.25) is 6.79 Å². The highest BCUT2D eigenvalue weighted by Gasteiger charge is 2.35. The van der Waals surface area contributed by atoms with Gasteiger partial charge in [0.15, 0.2) is 11.5 Å². The molecule has 0 unspecified atom stereocenters. The van der Waals surface area contributed by atoms with Gasteiger partial charge in [0.1, 0.15) is 11.2 Å². The smallest absolute Gasteiger partial charge is 0.410 e. The average Bonchev–Trinajstić information content (AvgIpc) is 3.30. The van der Waals surface area contributed by atoms with Crippen LogP contribution in [0.1, 0.15) is 39.5 Å². The van der Waals surface area contributed by atoms with Gasteiger partial charge in [0.25, 0.3) is 5.91 Å². The van der Waals surface area contributed by atoms with Gasteiger partial charge in [0, 0.05) is 21.5 Å². The quantitative estimate of drug-likeness (QED) is 0.683. The predicted molar refractivity (Wildman–Crippen MR) is 110 cm³/mol. The summed E-state index contributed by atoms with van der Waals surface area (Å²) in [5.41, 5.74) is 2.55. The molecule has 10 heteroatoms. The summed E-state index contributed by atoms with van der Waals surface area (Å²) in [4.78, 5) is 27.7. The number of halogens is 1. The summed E-state index contributed by atoms with van der Waals surface area (Å²) in [6.07, 6.45) is -0.0859. The fourth-order valence-electron chi connectivity index (χ4n) is 3.80. The highest BCUT2D eigenvalue weighted by Crippen LogP contribution is 2.44. The number of ether oxygens (including phenoxy) is 3. The van der Waals surface area contributed by atoms with Crippen LogP contribution in [0.25, 0.3) is 0 Å². The number of nitrogens with zero attached hydrogens (tertiary/aromatic N) is 1. The number of carbonyl (C=O) groups is 2. The molecule has 5 rings (SSSR count). The van der Waals surface area contributed by atoms with Crippen LogP contribution >= 0.6 is 27.3 Å². The van der Waals surface area contributed by atoms with Crippen LogP contribution in [-0.2, 0) is 17.7 Å². The fourth-order valence-corrected chi connectivity index (χ4v) is 5.64. The van der Waals surface area contributed by atoms with E-state index in [1.54, 1.807) is 11.8 Å². The molecule has 3 aliphatic heterocycles. The van der Waals surface area contributed by atoms with E-state index in [1.807, 2.05) is 12.1 Å². The Morgan fingerprint density at radius 1 is 1.34 bits per heavy atom. The molecule has 8 nitrogen and oxygen atoms in total. The summed E-state index contributed by atoms with van der Waals surface area (Å²) in [6.45, 7) is 3.33. The van der Waals surface area contributed by atoms with Crippen molar-refractivity contribution in [3.05, 3.63) is 38.2 Å². The first kappa shape index (κ1) is 18.6. The molecule has 29 heavy (non-hydrogen) atoms. The third kappa shape index (κ3) is 3.10. The number of thiophene rings is 1. The molecule has 0 radical (unpaired) electrons. The molecule has 1 atom stereocenters. The minimum absolute atomic E-state index is 0.115. The molecule has 152 valence electrons. The van der Waals surface area contributed by atoms with Crippen LogP contribution in [0.4, 0.5) is 9.80 Å². The first-order chi connectivity index (χ1) is 14.0. The van der Waals surface area contributed by atoms with Crippen molar-refractivity contribution in [3.8, 4) is 11.5 Å². The number of carbonyl (C=O) groups excluding carboxylic acids is 2. The second-order valence-corrected chi connectivity index (χ2v) is 8.82. The van der Waals surface area contributed by atoms with Gasteiger partial charge in [-0.05, 0) is 31.0 Å². The highest BCUT2D eigenvalue weighted by molar-refractivity contribution is 9.10. The van der Waals surface area contributed by atoms with E-state index in [4.69, 9.17) is 14.2 Å². The van der Waals surface area contributed by atoms with E-state index in [2.05, 4.69) is 26.6 Å². The van der Waals surface area contributed by atoms with E-state index >= 15 is 0 Å². The van der Waals surface area contributed by atoms with Gasteiger partial charge in [-0.25, -0.2) is 4.79 Å². The molecule has 4 heterocycles. The molecule has 1 aromatic heterocycles. The van der Waals surface area contributed by atoms with Crippen molar-refractivity contribution < 1.29 is 23.8 Å². The minimum atomic E-state index is -0.403. The summed E-state index contributed by atoms with van der Waals surface area (Å²) in [5, 5.41) is 7.28. The third-order valence-electron chi connectivity index (χ3n) is 5.16. The Morgan fingerprint density at radius 3 is 2.93 bits per heavy atom. The van der Waals surface area contributed by atoms with Crippen LogP contribution in [0.15, 0.2) is 16.6 Å². The number of fused-ring (bicyclic) bond motifs is 4. The second kappa shape index (κ2) is 7.10. The van der Waals surface area contributed by atoms with Crippen molar-refractivity contribution in [1.29, 1.82) is 0 Å². The predicted octanol–water partition coefficient (Wildman–Crippen LogP) is 3.61. The van der Waals surface area contributed by atoms with E-state index in [1.165, 1.54) is 11.3 Å². The maximum atomic E-state index is 12.9. The molecular formula is C19H18BrN3O5S. The number of rotatable bonds is 2. The van der Waals surface area contributed by atoms with Crippen molar-refractivity contribution in [2.75, 3.05) is 25.3 Å². The van der Waals surface area contributed by atoms with Crippen LogP contribution in [0.2, 0.25) is 0 Å². The molecule has 0 bridgehead atoms. The third-order valence-corrected chi connectivity index (χ3v) is 7.00. The zero-order valence-electron chi connectivity index (χ0n) is 15.5. The maximum absolute atomic E-state index is 12.9. The Hall–Kier alpha value is -2.46. The Kier molecular flexibility index (Phi) is 4.54. The van der Waals surface area contributed by atoms with Crippen LogP contribution < -0.4 is 20.1 Å². The fraction of sp³-hybridized carbons (Fsp3) is 0.368. The SMILES string of the molecule is CCOC(=O)N1CCc2c(sc3c2C(=O)N[C@H](c2cc4c(cc2Br)OCO4)N3)C1. The molecule has 0 spiro atoms. The van der Waals surface area contributed by atoms with Gasteiger partial charge < -0.3 is 29.7 Å². The summed E-state index contributed by atoms with van der Waals surface area (Å²) < 4.78 is 16.8. The molecule has 1 aromatic carbocycles. The monoisotopic (exact) mass is 479 g/mol. The van der Waals surface area contributed by atoms with Gasteiger partial charge in [-0.15, -0.1) is 11.3 Å². The number of hydrogen-bond donors (Lipinski definition) is 2. The molecule has 2 aromatic rings. The number of nitrogens with one attached hydrogen (secondary N) is 2. The van der Waals surface area contributed by atoms with Crippen molar-refractivity contribution in [1.82, 2.24) is 10.2 Å². The van der Waals surface area contributed by atoms with Crippen molar-refractivity contribution >= 4 is 44.3 Å². The highest BCUT2D eigenvalue weighted by atomic mass is 79.9. The standard InChI is InChI=1S/C19H18BrN3O5S/c1-2-26-19(25)23-4-3-9-14(7-23)29-18-15(9)17(24)21-16(22-18)10-5-12-13(6-11(10)20)28-8-27-12/h5-6,16,22H,2-4,7-8H2,1H3,(H,21,24)/t16-/m0/s1. The first-order valence-corrected chi connectivity index (χ1v) is 10.9. The van der Waals surface area contributed by atoms with Gasteiger partial charge in [-0.1, -0.05) is 15.9 Å². The van der Waals surface area contributed by atoms with E-state index < -0.39 is 6.17 Å². The molecular weight excluding hydrogens is 462 g/mol. The van der Waals surface area contributed by atoms with Crippen LogP contribution in [0, 0.1) is 0 Å². The van der Waals surface area contributed by atoms with Crippen molar-refractivity contribution in [2.45, 2.75) is 26.1 Å². The summed E-state index contributed by atoms with van der Waals surface area (Å²) in [5.74, 6) is 1.21. The van der Waals surface area contributed by atoms with Gasteiger partial charge in [0.05, 0.1) is 18.7 Å². The summed E-state index contributed by atoms with van der Waals surface area (Å²) in [6, 6.07) is 3.71. The summed E-state index contributed by atoms with van der Waals surface area (Å²) in [7, 11) is 0. The summed E-state index contributed by atoms with van der Waals surface area (Å²) >= 11 is 5.08. The lowest BCUT2D eigenvalue weighted by Gasteiger charge is -2.28. The number of anilines is 1. The number of hydrogen-bond acceptors (Lipinski definition) is 7. The van der Waals surface area contributed by atoms with Crippen molar-refractivity contribution in [3.63, 3.8) is 0 Å². The van der Waals surface area contributed by atoms with Crippen molar-refractivity contribution in [2.24, 2.45) is 0 Å².